The van der Waals surface area contributed by atoms with Crippen molar-refractivity contribution in [3.8, 4) is 5.69 Å². The minimum atomic E-state index is -0.109. The van der Waals surface area contributed by atoms with Gasteiger partial charge in [0.2, 0.25) is 0 Å². The van der Waals surface area contributed by atoms with Gasteiger partial charge in [0.1, 0.15) is 0 Å². The van der Waals surface area contributed by atoms with Crippen molar-refractivity contribution >= 4 is 40.3 Å². The molecular formula is C33H36ClN5S. The van der Waals surface area contributed by atoms with Crippen LogP contribution in [0.2, 0.25) is 5.02 Å². The van der Waals surface area contributed by atoms with Gasteiger partial charge in [-0.3, -0.25) is 4.98 Å². The summed E-state index contributed by atoms with van der Waals surface area (Å²) >= 11 is 13.0. The van der Waals surface area contributed by atoms with Gasteiger partial charge in [-0.25, -0.2) is 0 Å². The Labute approximate surface area is 247 Å². The zero-order chi connectivity index (χ0) is 28.0. The first-order valence-corrected chi connectivity index (χ1v) is 14.9. The molecule has 2 aromatic heterocycles. The topological polar surface area (TPSA) is 36.3 Å². The van der Waals surface area contributed by atoms with Crippen molar-refractivity contribution in [2.45, 2.75) is 52.6 Å². The molecule has 206 valence electrons. The predicted molar refractivity (Wildman–Crippen MR) is 170 cm³/mol. The summed E-state index contributed by atoms with van der Waals surface area (Å²) in [6.45, 7) is 10.9. The van der Waals surface area contributed by atoms with Crippen molar-refractivity contribution in [1.29, 1.82) is 0 Å². The number of thiocarbonyl (C=S) groups is 1. The highest BCUT2D eigenvalue weighted by molar-refractivity contribution is 7.80. The quantitative estimate of drug-likeness (QED) is 0.247. The van der Waals surface area contributed by atoms with Crippen LogP contribution in [0.15, 0.2) is 72.9 Å². The lowest BCUT2D eigenvalue weighted by atomic mass is 9.96. The Balaban J connectivity index is 1.44. The summed E-state index contributed by atoms with van der Waals surface area (Å²) in [6.07, 6.45) is 4.24. The van der Waals surface area contributed by atoms with Crippen LogP contribution in [0.4, 0.5) is 11.4 Å². The van der Waals surface area contributed by atoms with Crippen LogP contribution in [-0.2, 0) is 0 Å². The number of nitrogens with one attached hydrogen (secondary N) is 1. The van der Waals surface area contributed by atoms with Crippen LogP contribution >= 0.6 is 23.8 Å². The Morgan fingerprint density at radius 2 is 1.73 bits per heavy atom. The maximum absolute atomic E-state index is 6.98. The molecule has 0 bridgehead atoms. The first-order valence-electron chi connectivity index (χ1n) is 14.1. The van der Waals surface area contributed by atoms with Crippen LogP contribution in [0.25, 0.3) is 5.69 Å². The normalized spacial score (nSPS) is 19.8. The van der Waals surface area contributed by atoms with Crippen LogP contribution < -0.4 is 15.1 Å². The molecule has 2 atom stereocenters. The maximum Gasteiger partial charge on any atom is 0.174 e. The standard InChI is InChI=1S/C33H36ClN5S/c1-21-13-16-37(17-14-21)30-12-11-26(20-28(30)34)39-32(31(36-33(39)40)29-10-5-6-15-35-29)27-19-23(3)38(24(27)4)25-9-7-8-22(2)18-25/h5-12,15,18-21,31-32H,13-14,16-17H2,1-4H3,(H,36,40)/t31-,32+/m1/s1. The van der Waals surface area contributed by atoms with E-state index < -0.39 is 0 Å². The summed E-state index contributed by atoms with van der Waals surface area (Å²) in [7, 11) is 0. The molecule has 5 nitrogen and oxygen atoms in total. The second kappa shape index (κ2) is 10.9. The average Bonchev–Trinajstić information content (AvgIpc) is 3.44. The zero-order valence-electron chi connectivity index (χ0n) is 23.6. The number of piperidine rings is 1. The number of rotatable bonds is 5. The number of pyridine rings is 1. The molecule has 40 heavy (non-hydrogen) atoms. The SMILES string of the molecule is Cc1cccc(-n2c(C)cc([C@H]3[C@@H](c4ccccn4)NC(=S)N3c3ccc(N4CCC(C)CC4)c(Cl)c3)c2C)c1. The average molecular weight is 570 g/mol. The Morgan fingerprint density at radius 1 is 0.925 bits per heavy atom. The smallest absolute Gasteiger partial charge is 0.174 e. The molecule has 2 aliphatic rings. The maximum atomic E-state index is 6.98. The summed E-state index contributed by atoms with van der Waals surface area (Å²) in [5.74, 6) is 0.769. The van der Waals surface area contributed by atoms with Crippen LogP contribution in [0.1, 0.15) is 60.1 Å². The molecule has 2 saturated heterocycles. The van der Waals surface area contributed by atoms with Gasteiger partial charge in [0.15, 0.2) is 5.11 Å². The van der Waals surface area contributed by atoms with Gasteiger partial charge in [0, 0.05) is 42.0 Å². The molecule has 2 aliphatic heterocycles. The van der Waals surface area contributed by atoms with Crippen molar-refractivity contribution in [1.82, 2.24) is 14.9 Å². The van der Waals surface area contributed by atoms with Gasteiger partial charge < -0.3 is 19.7 Å². The van der Waals surface area contributed by atoms with Gasteiger partial charge in [-0.05, 0) is 111 Å². The lowest BCUT2D eigenvalue weighted by molar-refractivity contribution is 0.438. The summed E-state index contributed by atoms with van der Waals surface area (Å²) in [5, 5.41) is 5.05. The van der Waals surface area contributed by atoms with E-state index in [1.165, 1.54) is 41.0 Å². The van der Waals surface area contributed by atoms with Crippen molar-refractivity contribution in [3.05, 3.63) is 106 Å². The van der Waals surface area contributed by atoms with Crippen molar-refractivity contribution in [3.63, 3.8) is 0 Å². The van der Waals surface area contributed by atoms with Crippen molar-refractivity contribution in [2.24, 2.45) is 5.92 Å². The zero-order valence-corrected chi connectivity index (χ0v) is 25.1. The monoisotopic (exact) mass is 569 g/mol. The predicted octanol–water partition coefficient (Wildman–Crippen LogP) is 7.86. The van der Waals surface area contributed by atoms with Crippen LogP contribution in [0.3, 0.4) is 0 Å². The molecule has 0 radical (unpaired) electrons. The van der Waals surface area contributed by atoms with E-state index in [9.17, 15) is 0 Å². The number of hydrogen-bond donors (Lipinski definition) is 1. The number of aryl methyl sites for hydroxylation is 2. The highest BCUT2D eigenvalue weighted by Crippen LogP contribution is 2.45. The van der Waals surface area contributed by atoms with E-state index >= 15 is 0 Å². The van der Waals surface area contributed by atoms with E-state index in [-0.39, 0.29) is 12.1 Å². The highest BCUT2D eigenvalue weighted by atomic mass is 35.5. The first kappa shape index (κ1) is 26.9. The van der Waals surface area contributed by atoms with Crippen molar-refractivity contribution < 1.29 is 0 Å². The Kier molecular flexibility index (Phi) is 7.32. The number of halogens is 1. The fourth-order valence-electron chi connectivity index (χ4n) is 6.35. The minimum Gasteiger partial charge on any atom is -0.370 e. The van der Waals surface area contributed by atoms with Crippen molar-refractivity contribution in [2.75, 3.05) is 22.9 Å². The molecule has 0 spiro atoms. The molecule has 2 aromatic carbocycles. The first-order chi connectivity index (χ1) is 19.3. The summed E-state index contributed by atoms with van der Waals surface area (Å²) in [5.41, 5.74) is 9.04. The van der Waals surface area contributed by atoms with Crippen LogP contribution in [0.5, 0.6) is 0 Å². The summed E-state index contributed by atoms with van der Waals surface area (Å²) in [4.78, 5) is 9.38. The lowest BCUT2D eigenvalue weighted by Crippen LogP contribution is -2.33. The van der Waals surface area contributed by atoms with Gasteiger partial charge in [-0.15, -0.1) is 0 Å². The van der Waals surface area contributed by atoms with Gasteiger partial charge in [0.25, 0.3) is 0 Å². The summed E-state index contributed by atoms with van der Waals surface area (Å²) in [6, 6.07) is 23.2. The number of nitrogens with zero attached hydrogens (tertiary/aromatic N) is 4. The molecule has 6 rings (SSSR count). The third-order valence-electron chi connectivity index (χ3n) is 8.48. The second-order valence-corrected chi connectivity index (χ2v) is 12.1. The largest absolute Gasteiger partial charge is 0.370 e. The molecule has 7 heteroatoms. The molecular weight excluding hydrogens is 534 g/mol. The molecule has 4 heterocycles. The molecule has 2 fully saturated rings. The Hall–Kier alpha value is -3.35. The molecule has 0 aliphatic carbocycles. The highest BCUT2D eigenvalue weighted by Gasteiger charge is 2.42. The minimum absolute atomic E-state index is 0.0927. The molecule has 4 aromatic rings. The van der Waals surface area contributed by atoms with E-state index in [1.807, 2.05) is 18.3 Å². The molecule has 1 N–H and O–H groups in total. The van der Waals surface area contributed by atoms with Gasteiger partial charge in [-0.1, -0.05) is 36.7 Å². The summed E-state index contributed by atoms with van der Waals surface area (Å²) < 4.78 is 2.34. The van der Waals surface area contributed by atoms with Gasteiger partial charge >= 0.3 is 0 Å². The van der Waals surface area contributed by atoms with Gasteiger partial charge in [-0.2, -0.15) is 0 Å². The third-order valence-corrected chi connectivity index (χ3v) is 9.10. The van der Waals surface area contributed by atoms with E-state index in [1.54, 1.807) is 0 Å². The fraction of sp³-hybridized carbons (Fsp3) is 0.333. The lowest BCUT2D eigenvalue weighted by Gasteiger charge is -2.33. The number of hydrogen-bond acceptors (Lipinski definition) is 3. The second-order valence-electron chi connectivity index (χ2n) is 11.3. The van der Waals surface area contributed by atoms with Crippen LogP contribution in [-0.4, -0.2) is 27.8 Å². The van der Waals surface area contributed by atoms with E-state index in [0.29, 0.717) is 5.11 Å². The number of anilines is 2. The third kappa shape index (κ3) is 4.88. The molecule has 0 amide bonds. The number of aromatic nitrogens is 2. The Morgan fingerprint density at radius 3 is 2.42 bits per heavy atom. The van der Waals surface area contributed by atoms with E-state index in [0.717, 1.165) is 41.1 Å². The molecule has 0 unspecified atom stereocenters. The fourth-order valence-corrected chi connectivity index (χ4v) is 6.99. The van der Waals surface area contributed by atoms with E-state index in [4.69, 9.17) is 28.8 Å². The molecule has 0 saturated carbocycles. The van der Waals surface area contributed by atoms with E-state index in [2.05, 4.69) is 102 Å². The number of benzene rings is 2. The van der Waals surface area contributed by atoms with Crippen LogP contribution in [0, 0.1) is 26.7 Å². The Bertz CT molecular complexity index is 1540. The van der Waals surface area contributed by atoms with Gasteiger partial charge in [0.05, 0.1) is 28.5 Å².